The van der Waals surface area contributed by atoms with Crippen LogP contribution < -0.4 is 5.56 Å². The maximum absolute atomic E-state index is 14.1. The Hall–Kier alpha value is -2.92. The van der Waals surface area contributed by atoms with E-state index in [4.69, 9.17) is 4.98 Å². The summed E-state index contributed by atoms with van der Waals surface area (Å²) in [6.45, 7) is 4.02. The van der Waals surface area contributed by atoms with E-state index in [1.165, 1.54) is 17.8 Å². The maximum atomic E-state index is 14.1. The van der Waals surface area contributed by atoms with Gasteiger partial charge in [-0.15, -0.1) is 0 Å². The van der Waals surface area contributed by atoms with Gasteiger partial charge in [0.15, 0.2) is 5.16 Å². The fraction of sp³-hybridized carbons (Fsp3) is 0.130. The molecule has 0 aliphatic carbocycles. The summed E-state index contributed by atoms with van der Waals surface area (Å²) in [4.78, 5) is 18.1. The van der Waals surface area contributed by atoms with E-state index >= 15 is 0 Å². The van der Waals surface area contributed by atoms with Crippen molar-refractivity contribution in [3.8, 4) is 5.69 Å². The largest absolute Gasteiger partial charge is 0.268 e. The number of halogens is 1. The van der Waals surface area contributed by atoms with E-state index in [-0.39, 0.29) is 11.4 Å². The summed E-state index contributed by atoms with van der Waals surface area (Å²) in [5, 5.41) is 1.12. The second-order valence-corrected chi connectivity index (χ2v) is 7.59. The van der Waals surface area contributed by atoms with Crippen LogP contribution in [0.15, 0.2) is 76.7 Å². The highest BCUT2D eigenvalue weighted by Crippen LogP contribution is 2.27. The molecule has 0 atom stereocenters. The molecule has 0 saturated heterocycles. The number of aryl methyl sites for hydroxylation is 1. The number of rotatable bonds is 4. The van der Waals surface area contributed by atoms with E-state index in [0.29, 0.717) is 27.4 Å². The monoisotopic (exact) mass is 390 g/mol. The molecule has 0 saturated carbocycles. The number of thioether (sulfide) groups is 1. The first-order chi connectivity index (χ1) is 13.6. The average Bonchev–Trinajstić information content (AvgIpc) is 2.70. The summed E-state index contributed by atoms with van der Waals surface area (Å²) in [5.74, 6) is 0.138. The number of hydrogen-bond donors (Lipinski definition) is 0. The van der Waals surface area contributed by atoms with Gasteiger partial charge in [-0.3, -0.25) is 9.36 Å². The number of nitrogens with zero attached hydrogens (tertiary/aromatic N) is 2. The summed E-state index contributed by atoms with van der Waals surface area (Å²) >= 11 is 1.36. The van der Waals surface area contributed by atoms with E-state index in [1.807, 2.05) is 56.3 Å². The molecule has 3 aromatic carbocycles. The number of fused-ring (bicyclic) bond motifs is 1. The smallest absolute Gasteiger partial charge is 0.266 e. The molecule has 28 heavy (non-hydrogen) atoms. The van der Waals surface area contributed by atoms with E-state index in [9.17, 15) is 9.18 Å². The minimum absolute atomic E-state index is 0.115. The molecule has 0 amide bonds. The molecule has 5 heteroatoms. The van der Waals surface area contributed by atoms with Crippen LogP contribution in [0.2, 0.25) is 0 Å². The van der Waals surface area contributed by atoms with Crippen molar-refractivity contribution in [1.82, 2.24) is 9.55 Å². The molecule has 1 aromatic heterocycles. The number of benzene rings is 3. The molecule has 4 rings (SSSR count). The lowest BCUT2D eigenvalue weighted by Gasteiger charge is -2.16. The molecule has 0 unspecified atom stereocenters. The Morgan fingerprint density at radius 1 is 0.964 bits per heavy atom. The molecule has 0 bridgehead atoms. The molecule has 4 aromatic rings. The molecule has 0 aliphatic heterocycles. The van der Waals surface area contributed by atoms with Crippen molar-refractivity contribution >= 4 is 22.7 Å². The van der Waals surface area contributed by atoms with Crippen LogP contribution in [-0.4, -0.2) is 9.55 Å². The topological polar surface area (TPSA) is 34.9 Å². The first kappa shape index (κ1) is 18.4. The van der Waals surface area contributed by atoms with Gasteiger partial charge >= 0.3 is 0 Å². The van der Waals surface area contributed by atoms with Crippen LogP contribution in [0, 0.1) is 19.7 Å². The van der Waals surface area contributed by atoms with Crippen molar-refractivity contribution in [2.24, 2.45) is 0 Å². The summed E-state index contributed by atoms with van der Waals surface area (Å²) in [6, 6.07) is 19.9. The third kappa shape index (κ3) is 3.34. The van der Waals surface area contributed by atoms with Crippen LogP contribution in [0.1, 0.15) is 16.7 Å². The molecule has 0 N–H and O–H groups in total. The van der Waals surface area contributed by atoms with E-state index in [0.717, 1.165) is 16.8 Å². The lowest BCUT2D eigenvalue weighted by atomic mass is 10.1. The van der Waals surface area contributed by atoms with Crippen molar-refractivity contribution in [3.63, 3.8) is 0 Å². The van der Waals surface area contributed by atoms with E-state index in [2.05, 4.69) is 0 Å². The molecule has 140 valence electrons. The number of aromatic nitrogens is 2. The summed E-state index contributed by atoms with van der Waals surface area (Å²) in [6.07, 6.45) is 0. The van der Waals surface area contributed by atoms with Gasteiger partial charge in [-0.05, 0) is 54.8 Å². The SMILES string of the molecule is Cc1cccc(-n2c(SCc3ccccc3F)nc3ccccc3c2=O)c1C. The molecule has 0 fully saturated rings. The second kappa shape index (κ2) is 7.60. The average molecular weight is 390 g/mol. The minimum Gasteiger partial charge on any atom is -0.268 e. The second-order valence-electron chi connectivity index (χ2n) is 6.65. The van der Waals surface area contributed by atoms with Gasteiger partial charge in [-0.1, -0.05) is 54.2 Å². The quantitative estimate of drug-likeness (QED) is 0.344. The van der Waals surface area contributed by atoms with Gasteiger partial charge in [0, 0.05) is 5.75 Å². The van der Waals surface area contributed by atoms with Crippen LogP contribution >= 0.6 is 11.8 Å². The summed E-state index contributed by atoms with van der Waals surface area (Å²) in [5.41, 5.74) is 4.04. The Bertz CT molecular complexity index is 1230. The molecule has 1 heterocycles. The Balaban J connectivity index is 1.90. The van der Waals surface area contributed by atoms with Gasteiger partial charge < -0.3 is 0 Å². The highest BCUT2D eigenvalue weighted by molar-refractivity contribution is 7.98. The fourth-order valence-electron chi connectivity index (χ4n) is 3.16. The van der Waals surface area contributed by atoms with Crippen molar-refractivity contribution < 1.29 is 4.39 Å². The Kier molecular flexibility index (Phi) is 5.01. The molecule has 3 nitrogen and oxygen atoms in total. The van der Waals surface area contributed by atoms with Gasteiger partial charge in [0.1, 0.15) is 5.82 Å². The maximum Gasteiger partial charge on any atom is 0.266 e. The Morgan fingerprint density at radius 2 is 1.71 bits per heavy atom. The summed E-state index contributed by atoms with van der Waals surface area (Å²) < 4.78 is 15.7. The van der Waals surface area contributed by atoms with Gasteiger partial charge in [0.2, 0.25) is 0 Å². The lowest BCUT2D eigenvalue weighted by Crippen LogP contribution is -2.22. The third-order valence-electron chi connectivity index (χ3n) is 4.88. The minimum atomic E-state index is -0.253. The van der Waals surface area contributed by atoms with E-state index < -0.39 is 0 Å². The van der Waals surface area contributed by atoms with Crippen molar-refractivity contribution in [1.29, 1.82) is 0 Å². The highest BCUT2D eigenvalue weighted by Gasteiger charge is 2.16. The van der Waals surface area contributed by atoms with Gasteiger partial charge in [0.25, 0.3) is 5.56 Å². The van der Waals surface area contributed by atoms with Crippen LogP contribution in [-0.2, 0) is 5.75 Å². The molecular formula is C23H19FN2OS. The van der Waals surface area contributed by atoms with Gasteiger partial charge in [-0.2, -0.15) is 0 Å². The van der Waals surface area contributed by atoms with Crippen LogP contribution in [0.5, 0.6) is 0 Å². The van der Waals surface area contributed by atoms with Crippen molar-refractivity contribution in [2.75, 3.05) is 0 Å². The molecule has 0 aliphatic rings. The zero-order valence-electron chi connectivity index (χ0n) is 15.6. The van der Waals surface area contributed by atoms with Crippen molar-refractivity contribution in [2.45, 2.75) is 24.8 Å². The number of para-hydroxylation sites is 1. The number of hydrogen-bond acceptors (Lipinski definition) is 3. The standard InChI is InChI=1S/C23H19FN2OS/c1-15-8-7-13-21(16(15)2)26-22(27)18-10-4-6-12-20(18)25-23(26)28-14-17-9-3-5-11-19(17)24/h3-13H,14H2,1-2H3. The third-order valence-corrected chi connectivity index (χ3v) is 5.86. The molecular weight excluding hydrogens is 371 g/mol. The van der Waals surface area contributed by atoms with Gasteiger partial charge in [0.05, 0.1) is 16.6 Å². The molecule has 0 radical (unpaired) electrons. The first-order valence-electron chi connectivity index (χ1n) is 9.01. The highest BCUT2D eigenvalue weighted by atomic mass is 32.2. The Morgan fingerprint density at radius 3 is 2.54 bits per heavy atom. The zero-order chi connectivity index (χ0) is 19.7. The van der Waals surface area contributed by atoms with Crippen LogP contribution in [0.4, 0.5) is 4.39 Å². The lowest BCUT2D eigenvalue weighted by molar-refractivity contribution is 0.617. The zero-order valence-corrected chi connectivity index (χ0v) is 16.5. The normalized spacial score (nSPS) is 11.1. The first-order valence-corrected chi connectivity index (χ1v) is 9.99. The van der Waals surface area contributed by atoms with Crippen molar-refractivity contribution in [3.05, 3.63) is 99.6 Å². The summed E-state index contributed by atoms with van der Waals surface area (Å²) in [7, 11) is 0. The molecule has 0 spiro atoms. The predicted octanol–water partition coefficient (Wildman–Crippen LogP) is 5.43. The Labute approximate surface area is 166 Å². The van der Waals surface area contributed by atoms with Gasteiger partial charge in [-0.25, -0.2) is 9.37 Å². The predicted molar refractivity (Wildman–Crippen MR) is 113 cm³/mol. The fourth-order valence-corrected chi connectivity index (χ4v) is 4.15. The van der Waals surface area contributed by atoms with Crippen LogP contribution in [0.25, 0.3) is 16.6 Å². The van der Waals surface area contributed by atoms with Crippen LogP contribution in [0.3, 0.4) is 0 Å². The van der Waals surface area contributed by atoms with E-state index in [1.54, 1.807) is 22.8 Å².